The third-order valence-corrected chi connectivity index (χ3v) is 10.3. The Bertz CT molecular complexity index is 1300. The third kappa shape index (κ3) is 9.38. The van der Waals surface area contributed by atoms with Gasteiger partial charge in [0.05, 0.1) is 11.5 Å². The molecule has 1 aliphatic heterocycles. The predicted molar refractivity (Wildman–Crippen MR) is 171 cm³/mol. The molecule has 1 saturated heterocycles. The zero-order chi connectivity index (χ0) is 29.7. The zero-order valence-corrected chi connectivity index (χ0v) is 31.5. The van der Waals surface area contributed by atoms with Crippen molar-refractivity contribution in [2.45, 2.75) is 89.9 Å². The average molecular weight is 754 g/mol. The van der Waals surface area contributed by atoms with Crippen LogP contribution in [0.1, 0.15) is 102 Å². The van der Waals surface area contributed by atoms with Gasteiger partial charge < -0.3 is 39.4 Å². The van der Waals surface area contributed by atoms with Crippen molar-refractivity contribution in [3.05, 3.63) is 58.9 Å². The second-order valence-corrected chi connectivity index (χ2v) is 14.7. The molecule has 2 aliphatic rings. The van der Waals surface area contributed by atoms with Crippen molar-refractivity contribution >= 4 is 21.8 Å². The first kappa shape index (κ1) is 40.7. The molecule has 248 valence electrons. The molecular formula is C34H51Cl2N3O3RuS. The van der Waals surface area contributed by atoms with Crippen LogP contribution in [0.15, 0.2) is 47.1 Å². The van der Waals surface area contributed by atoms with Gasteiger partial charge in [0.2, 0.25) is 10.0 Å². The molecule has 0 N–H and O–H groups in total. The summed E-state index contributed by atoms with van der Waals surface area (Å²) in [6.45, 7) is 14.6. The molecule has 0 spiro atoms. The van der Waals surface area contributed by atoms with Gasteiger partial charge >= 0.3 is 19.5 Å². The number of rotatable bonds is 11. The van der Waals surface area contributed by atoms with E-state index >= 15 is 0 Å². The smallest absolute Gasteiger partial charge is 1.00 e. The number of halogens is 2. The van der Waals surface area contributed by atoms with Crippen molar-refractivity contribution in [2.75, 3.05) is 45.2 Å². The molecule has 0 atom stereocenters. The van der Waals surface area contributed by atoms with Gasteiger partial charge in [-0.3, -0.25) is 0 Å². The largest absolute Gasteiger partial charge is 2.00 e. The van der Waals surface area contributed by atoms with E-state index in [4.69, 9.17) is 4.74 Å². The minimum atomic E-state index is -3.59. The number of benzene rings is 2. The van der Waals surface area contributed by atoms with Crippen LogP contribution in [-0.4, -0.2) is 58.0 Å². The first-order valence-electron chi connectivity index (χ1n) is 15.6. The van der Waals surface area contributed by atoms with Crippen LogP contribution in [-0.2, 0) is 29.5 Å². The van der Waals surface area contributed by atoms with Gasteiger partial charge in [-0.1, -0.05) is 72.1 Å². The van der Waals surface area contributed by atoms with Crippen molar-refractivity contribution in [2.24, 2.45) is 5.92 Å². The zero-order valence-electron chi connectivity index (χ0n) is 27.4. The monoisotopic (exact) mass is 753 g/mol. The van der Waals surface area contributed by atoms with E-state index in [0.29, 0.717) is 24.4 Å². The Balaban J connectivity index is 0.00000323. The van der Waals surface area contributed by atoms with E-state index < -0.39 is 10.0 Å². The van der Waals surface area contributed by atoms with E-state index in [1.54, 1.807) is 26.2 Å². The Hall–Kier alpha value is -1.31. The summed E-state index contributed by atoms with van der Waals surface area (Å²) in [6, 6.07) is 12.0. The van der Waals surface area contributed by atoms with Gasteiger partial charge in [0.25, 0.3) is 0 Å². The van der Waals surface area contributed by atoms with E-state index in [-0.39, 0.29) is 49.2 Å². The van der Waals surface area contributed by atoms with Crippen LogP contribution in [0, 0.1) is 5.92 Å². The molecule has 1 saturated carbocycles. The number of para-hydroxylation sites is 1. The second kappa shape index (κ2) is 18.1. The summed E-state index contributed by atoms with van der Waals surface area (Å²) in [5.41, 5.74) is 4.83. The molecule has 0 unspecified atom stereocenters. The Morgan fingerprint density at radius 1 is 0.955 bits per heavy atom. The predicted octanol–water partition coefficient (Wildman–Crippen LogP) is 1.68. The van der Waals surface area contributed by atoms with E-state index in [1.165, 1.54) is 53.2 Å². The van der Waals surface area contributed by atoms with Crippen molar-refractivity contribution in [1.29, 1.82) is 0 Å². The van der Waals surface area contributed by atoms with Crippen LogP contribution >= 0.6 is 0 Å². The summed E-state index contributed by atoms with van der Waals surface area (Å²) >= 11 is 0. The van der Waals surface area contributed by atoms with Crippen molar-refractivity contribution in [3.63, 3.8) is 0 Å². The van der Waals surface area contributed by atoms with Gasteiger partial charge in [0.1, 0.15) is 11.6 Å². The van der Waals surface area contributed by atoms with Crippen molar-refractivity contribution in [3.8, 4) is 5.75 Å². The topological polar surface area (TPSA) is 53.1 Å². The summed E-state index contributed by atoms with van der Waals surface area (Å²) < 4.78 is 33.7. The Morgan fingerprint density at radius 2 is 1.57 bits per heavy atom. The van der Waals surface area contributed by atoms with Crippen LogP contribution < -0.4 is 34.5 Å². The molecule has 2 aromatic carbocycles. The van der Waals surface area contributed by atoms with Crippen LogP contribution in [0.2, 0.25) is 0 Å². The van der Waals surface area contributed by atoms with Gasteiger partial charge in [-0.15, -0.1) is 0 Å². The number of anilines is 1. The van der Waals surface area contributed by atoms with Crippen LogP contribution in [0.5, 0.6) is 5.75 Å². The average Bonchev–Trinajstić information content (AvgIpc) is 3.33. The Kier molecular flexibility index (Phi) is 16.8. The minimum Gasteiger partial charge on any atom is -1.00 e. The van der Waals surface area contributed by atoms with Crippen molar-refractivity contribution < 1.29 is 57.4 Å². The summed E-state index contributed by atoms with van der Waals surface area (Å²) in [6.07, 6.45) is 9.61. The summed E-state index contributed by atoms with van der Waals surface area (Å²) in [5.74, 6) is 3.33. The first-order valence-corrected chi connectivity index (χ1v) is 17.0. The molecule has 1 heterocycles. The van der Waals surface area contributed by atoms with Gasteiger partial charge in [-0.2, -0.15) is 0 Å². The van der Waals surface area contributed by atoms with E-state index in [1.807, 2.05) is 6.07 Å². The number of hydrogen-bond acceptors (Lipinski definition) is 5. The number of hydrogen-bond donors (Lipinski definition) is 0. The number of nitrogens with zero attached hydrogens (tertiary/aromatic N) is 3. The summed E-state index contributed by atoms with van der Waals surface area (Å²) in [5, 5.41) is 0. The molecule has 44 heavy (non-hydrogen) atoms. The Morgan fingerprint density at radius 3 is 2.11 bits per heavy atom. The third-order valence-electron chi connectivity index (χ3n) is 8.52. The molecule has 0 radical (unpaired) electrons. The Labute approximate surface area is 292 Å². The van der Waals surface area contributed by atoms with Gasteiger partial charge in [0.15, 0.2) is 0 Å². The molecule has 1 aliphatic carbocycles. The van der Waals surface area contributed by atoms with Crippen LogP contribution in [0.3, 0.4) is 0 Å². The maximum absolute atomic E-state index is 13.1. The van der Waals surface area contributed by atoms with Crippen LogP contribution in [0.25, 0.3) is 6.08 Å². The standard InChI is InChI=1S/C34H51N3O3S.2ClH.Ru/c1-8-21-40-32-18-17-29(41(38,39)35(6)7)22-28(32)23-33-36(24-27-13-10-9-11-14-27)19-20-37(33)34-30(25(2)3)15-12-16-31(34)26(4)5;;;/h12,15-18,22-23,25-27H,8-11,13-14,19-21,24H2,1-7H3;2*1H;/q;;;+2/p-2. The van der Waals surface area contributed by atoms with Crippen LogP contribution in [0.4, 0.5) is 5.69 Å². The van der Waals surface area contributed by atoms with Crippen molar-refractivity contribution in [1.82, 2.24) is 9.21 Å². The second-order valence-electron chi connectivity index (χ2n) is 12.5. The fourth-order valence-corrected chi connectivity index (χ4v) is 7.14. The summed E-state index contributed by atoms with van der Waals surface area (Å²) in [7, 11) is -0.428. The SMILES string of the molecule is CCCOc1ccc(S(=O)(=O)N(C)C)cc1C=C1N(CC2CCCCC2)CCN1c1c(C(C)C)cccc1C(C)C.[Cl-].[Cl-].[Ru+2]. The maximum Gasteiger partial charge on any atom is 2.00 e. The molecule has 4 rings (SSSR count). The molecule has 0 aromatic heterocycles. The number of ether oxygens (including phenoxy) is 1. The first-order chi connectivity index (χ1) is 19.5. The molecular weight excluding hydrogens is 702 g/mol. The van der Waals surface area contributed by atoms with E-state index in [2.05, 4.69) is 68.7 Å². The van der Waals surface area contributed by atoms with Gasteiger partial charge in [-0.05, 0) is 72.4 Å². The maximum atomic E-state index is 13.1. The summed E-state index contributed by atoms with van der Waals surface area (Å²) in [4.78, 5) is 5.34. The van der Waals surface area contributed by atoms with Gasteiger partial charge in [0, 0.05) is 45.0 Å². The molecule has 2 fully saturated rings. The molecule has 10 heteroatoms. The molecule has 2 aromatic rings. The minimum absolute atomic E-state index is 0. The quantitative estimate of drug-likeness (QED) is 0.328. The number of sulfonamides is 1. The molecule has 0 amide bonds. The molecule has 0 bridgehead atoms. The normalized spacial score (nSPS) is 16.7. The fourth-order valence-electron chi connectivity index (χ4n) is 6.20. The molecule has 6 nitrogen and oxygen atoms in total. The fraction of sp³-hybridized carbons (Fsp3) is 0.588. The van der Waals surface area contributed by atoms with E-state index in [0.717, 1.165) is 43.2 Å². The van der Waals surface area contributed by atoms with Gasteiger partial charge in [-0.25, -0.2) is 12.7 Å². The van der Waals surface area contributed by atoms with E-state index in [9.17, 15) is 8.42 Å².